The molecule has 0 bridgehead atoms. The number of piperidine rings is 1. The van der Waals surface area contributed by atoms with Crippen LogP contribution in [0.4, 0.5) is 0 Å². The Morgan fingerprint density at radius 1 is 1.27 bits per heavy atom. The SMILES string of the molecule is CCC(N)(CC)CNC(=O)C1CCCN(S(=O)(=O)c2ccccc2)C1.Cl. The quantitative estimate of drug-likeness (QED) is 0.729. The van der Waals surface area contributed by atoms with E-state index in [1.54, 1.807) is 30.3 Å². The van der Waals surface area contributed by atoms with Gasteiger partial charge in [0.05, 0.1) is 10.8 Å². The van der Waals surface area contributed by atoms with Crippen molar-refractivity contribution in [3.05, 3.63) is 30.3 Å². The lowest BCUT2D eigenvalue weighted by Gasteiger charge is -2.32. The van der Waals surface area contributed by atoms with Gasteiger partial charge in [0.1, 0.15) is 0 Å². The van der Waals surface area contributed by atoms with Crippen molar-refractivity contribution >= 4 is 28.3 Å². The number of nitrogens with zero attached hydrogens (tertiary/aromatic N) is 1. The lowest BCUT2D eigenvalue weighted by atomic mass is 9.93. The van der Waals surface area contributed by atoms with Gasteiger partial charge in [-0.3, -0.25) is 4.79 Å². The van der Waals surface area contributed by atoms with Crippen molar-refractivity contribution in [1.82, 2.24) is 9.62 Å². The first kappa shape index (κ1) is 22.9. The minimum Gasteiger partial charge on any atom is -0.354 e. The fourth-order valence-corrected chi connectivity index (χ4v) is 4.57. The number of carbonyl (C=O) groups excluding carboxylic acids is 1. The molecule has 1 aromatic carbocycles. The maximum Gasteiger partial charge on any atom is 0.243 e. The second kappa shape index (κ2) is 9.69. The highest BCUT2D eigenvalue weighted by atomic mass is 35.5. The van der Waals surface area contributed by atoms with E-state index in [1.165, 1.54) is 4.31 Å². The summed E-state index contributed by atoms with van der Waals surface area (Å²) in [5, 5.41) is 2.92. The molecule has 3 N–H and O–H groups in total. The number of hydrogen-bond acceptors (Lipinski definition) is 4. The topological polar surface area (TPSA) is 92.5 Å². The molecule has 0 radical (unpaired) electrons. The van der Waals surface area contributed by atoms with Gasteiger partial charge >= 0.3 is 0 Å². The van der Waals surface area contributed by atoms with E-state index in [0.29, 0.717) is 25.9 Å². The van der Waals surface area contributed by atoms with Gasteiger partial charge in [-0.1, -0.05) is 32.0 Å². The van der Waals surface area contributed by atoms with Gasteiger partial charge < -0.3 is 11.1 Å². The monoisotopic (exact) mass is 403 g/mol. The van der Waals surface area contributed by atoms with Crippen molar-refractivity contribution in [3.63, 3.8) is 0 Å². The number of sulfonamides is 1. The molecule has 8 heteroatoms. The molecular formula is C18H30ClN3O3S. The second-order valence-electron chi connectivity index (χ2n) is 6.80. The minimum atomic E-state index is -3.55. The number of nitrogens with one attached hydrogen (secondary N) is 1. The van der Waals surface area contributed by atoms with Crippen molar-refractivity contribution in [3.8, 4) is 0 Å². The van der Waals surface area contributed by atoms with Crippen LogP contribution in [0.25, 0.3) is 0 Å². The third kappa shape index (κ3) is 5.42. The summed E-state index contributed by atoms with van der Waals surface area (Å²) in [7, 11) is -3.55. The van der Waals surface area contributed by atoms with Crippen molar-refractivity contribution in [2.24, 2.45) is 11.7 Å². The number of hydrogen-bond donors (Lipinski definition) is 2. The zero-order chi connectivity index (χ0) is 18.5. The molecule has 0 spiro atoms. The van der Waals surface area contributed by atoms with Crippen molar-refractivity contribution in [1.29, 1.82) is 0 Å². The minimum absolute atomic E-state index is 0. The van der Waals surface area contributed by atoms with Gasteiger partial charge in [0.2, 0.25) is 15.9 Å². The number of halogens is 1. The normalized spacial score (nSPS) is 18.8. The first-order valence-corrected chi connectivity index (χ1v) is 10.4. The third-order valence-electron chi connectivity index (χ3n) is 5.16. The smallest absolute Gasteiger partial charge is 0.243 e. The zero-order valence-corrected chi connectivity index (χ0v) is 17.1. The van der Waals surface area contributed by atoms with Crippen LogP contribution in [0.3, 0.4) is 0 Å². The van der Waals surface area contributed by atoms with E-state index in [4.69, 9.17) is 5.73 Å². The van der Waals surface area contributed by atoms with E-state index in [2.05, 4.69) is 5.32 Å². The molecule has 148 valence electrons. The Balaban J connectivity index is 0.00000338. The van der Waals surface area contributed by atoms with Gasteiger partial charge in [-0.2, -0.15) is 4.31 Å². The Bertz CT molecular complexity index is 678. The lowest BCUT2D eigenvalue weighted by Crippen LogP contribution is -2.52. The van der Waals surface area contributed by atoms with Gasteiger partial charge in [-0.15, -0.1) is 12.4 Å². The molecule has 1 heterocycles. The highest BCUT2D eigenvalue weighted by molar-refractivity contribution is 7.89. The van der Waals surface area contributed by atoms with E-state index >= 15 is 0 Å². The molecule has 1 aliphatic heterocycles. The summed E-state index contributed by atoms with van der Waals surface area (Å²) < 4.78 is 26.9. The molecule has 0 aliphatic carbocycles. The Labute approximate surface area is 163 Å². The van der Waals surface area contributed by atoms with E-state index in [1.807, 2.05) is 13.8 Å². The molecular weight excluding hydrogens is 374 g/mol. The number of nitrogens with two attached hydrogens (primary N) is 1. The molecule has 1 aromatic rings. The number of rotatable bonds is 7. The summed E-state index contributed by atoms with van der Waals surface area (Å²) in [5.74, 6) is -0.435. The van der Waals surface area contributed by atoms with E-state index < -0.39 is 15.6 Å². The molecule has 1 unspecified atom stereocenters. The Hall–Kier alpha value is -1.15. The van der Waals surface area contributed by atoms with E-state index in [-0.39, 0.29) is 35.7 Å². The Morgan fingerprint density at radius 3 is 2.46 bits per heavy atom. The van der Waals surface area contributed by atoms with Crippen molar-refractivity contribution in [2.75, 3.05) is 19.6 Å². The average molecular weight is 404 g/mol. The molecule has 0 aromatic heterocycles. The van der Waals surface area contributed by atoms with Crippen LogP contribution in [0.5, 0.6) is 0 Å². The van der Waals surface area contributed by atoms with Gasteiger partial charge in [-0.05, 0) is 37.8 Å². The zero-order valence-electron chi connectivity index (χ0n) is 15.5. The van der Waals surface area contributed by atoms with Crippen molar-refractivity contribution < 1.29 is 13.2 Å². The lowest BCUT2D eigenvalue weighted by molar-refractivity contribution is -0.126. The number of amides is 1. The summed E-state index contributed by atoms with van der Waals surface area (Å²) >= 11 is 0. The summed E-state index contributed by atoms with van der Waals surface area (Å²) in [4.78, 5) is 12.8. The average Bonchev–Trinajstić information content (AvgIpc) is 2.66. The standard InChI is InChI=1S/C18H29N3O3S.ClH/c1-3-18(19,4-2)14-20-17(22)15-9-8-12-21(13-15)25(23,24)16-10-6-5-7-11-16;/h5-7,10-11,15H,3-4,8-9,12-14,19H2,1-2H3,(H,20,22);1H. The van der Waals surface area contributed by atoms with Gasteiger partial charge in [0.15, 0.2) is 0 Å². The molecule has 26 heavy (non-hydrogen) atoms. The first-order valence-electron chi connectivity index (χ1n) is 8.94. The third-order valence-corrected chi connectivity index (χ3v) is 7.04. The summed E-state index contributed by atoms with van der Waals surface area (Å²) in [6, 6.07) is 8.37. The first-order chi connectivity index (χ1) is 11.8. The predicted octanol–water partition coefficient (Wildman–Crippen LogP) is 2.14. The summed E-state index contributed by atoms with van der Waals surface area (Å²) in [6.07, 6.45) is 2.94. The molecule has 1 atom stereocenters. The summed E-state index contributed by atoms with van der Waals surface area (Å²) in [6.45, 7) is 5.10. The van der Waals surface area contributed by atoms with Crippen LogP contribution in [-0.4, -0.2) is 43.8 Å². The number of benzene rings is 1. The maximum atomic E-state index is 12.7. The fraction of sp³-hybridized carbons (Fsp3) is 0.611. The van der Waals surface area contributed by atoms with Gasteiger partial charge in [-0.25, -0.2) is 8.42 Å². The number of carbonyl (C=O) groups is 1. The molecule has 1 amide bonds. The summed E-state index contributed by atoms with van der Waals surface area (Å²) in [5.41, 5.74) is 5.82. The maximum absolute atomic E-state index is 12.7. The molecule has 0 saturated carbocycles. The van der Waals surface area contributed by atoms with Crippen LogP contribution in [0.1, 0.15) is 39.5 Å². The molecule has 1 saturated heterocycles. The highest BCUT2D eigenvalue weighted by Crippen LogP contribution is 2.24. The van der Waals surface area contributed by atoms with Gasteiger partial charge in [0, 0.05) is 25.2 Å². The van der Waals surface area contributed by atoms with Crippen LogP contribution < -0.4 is 11.1 Å². The fourth-order valence-electron chi connectivity index (χ4n) is 3.02. The predicted molar refractivity (Wildman–Crippen MR) is 106 cm³/mol. The highest BCUT2D eigenvalue weighted by Gasteiger charge is 2.33. The van der Waals surface area contributed by atoms with Crippen LogP contribution >= 0.6 is 12.4 Å². The van der Waals surface area contributed by atoms with Crippen LogP contribution in [0, 0.1) is 5.92 Å². The Kier molecular flexibility index (Phi) is 8.53. The van der Waals surface area contributed by atoms with Gasteiger partial charge in [0.25, 0.3) is 0 Å². The van der Waals surface area contributed by atoms with E-state index in [0.717, 1.165) is 12.8 Å². The van der Waals surface area contributed by atoms with Crippen molar-refractivity contribution in [2.45, 2.75) is 50.0 Å². The molecule has 1 fully saturated rings. The molecule has 1 aliphatic rings. The van der Waals surface area contributed by atoms with Crippen LogP contribution in [-0.2, 0) is 14.8 Å². The largest absolute Gasteiger partial charge is 0.354 e. The molecule has 2 rings (SSSR count). The second-order valence-corrected chi connectivity index (χ2v) is 8.74. The van der Waals surface area contributed by atoms with Crippen LogP contribution in [0.2, 0.25) is 0 Å². The van der Waals surface area contributed by atoms with E-state index in [9.17, 15) is 13.2 Å². The molecule has 6 nitrogen and oxygen atoms in total. The Morgan fingerprint density at radius 2 is 1.88 bits per heavy atom. The van der Waals surface area contributed by atoms with Crippen LogP contribution in [0.15, 0.2) is 35.2 Å².